The lowest BCUT2D eigenvalue weighted by Gasteiger charge is -2.49. The van der Waals surface area contributed by atoms with E-state index < -0.39 is 57.9 Å². The van der Waals surface area contributed by atoms with E-state index in [1.165, 1.54) is 37.1 Å². The number of amidine groups is 1. The van der Waals surface area contributed by atoms with Crippen molar-refractivity contribution in [1.82, 2.24) is 35.8 Å². The number of amides is 3. The number of carbonyl (C=O) groups is 5. The van der Waals surface area contributed by atoms with E-state index in [4.69, 9.17) is 16.3 Å². The van der Waals surface area contributed by atoms with Gasteiger partial charge in [-0.25, -0.2) is 14.6 Å². The van der Waals surface area contributed by atoms with Gasteiger partial charge in [-0.1, -0.05) is 29.1 Å². The number of hydrogen-bond donors (Lipinski definition) is 10. The van der Waals surface area contributed by atoms with Crippen molar-refractivity contribution in [2.24, 2.45) is 21.6 Å². The van der Waals surface area contributed by atoms with Crippen molar-refractivity contribution in [2.75, 3.05) is 45.1 Å². The lowest BCUT2D eigenvalue weighted by molar-refractivity contribution is -0.161. The van der Waals surface area contributed by atoms with Gasteiger partial charge in [0.05, 0.1) is 16.9 Å². The minimum atomic E-state index is -1.80. The van der Waals surface area contributed by atoms with Gasteiger partial charge in [0.2, 0.25) is 11.0 Å². The minimum absolute atomic E-state index is 0.0241. The molecule has 0 radical (unpaired) electrons. The van der Waals surface area contributed by atoms with Gasteiger partial charge >= 0.3 is 11.9 Å². The van der Waals surface area contributed by atoms with Crippen molar-refractivity contribution in [1.29, 1.82) is 0 Å². The number of carbonyl (C=O) groups excluding carboxylic acids is 3. The SMILES string of the molecule is CC(C)(O/N=C(\C(=O)N[C@@H]1C(=O)N2C(C(=O)O)=C(CN3C=C(NCCNC(=O)c4cc(=O)c(O)cn4O)C(NCCN)=NC3)CSC12)C1=CSC(N)=CC=C1)C(=O)O. The summed E-state index contributed by atoms with van der Waals surface area (Å²) in [6, 6.07) is -0.364. The summed E-state index contributed by atoms with van der Waals surface area (Å²) in [6.07, 6.45) is 7.04. The summed E-state index contributed by atoms with van der Waals surface area (Å²) in [4.78, 5) is 88.4. The zero-order chi connectivity index (χ0) is 42.3. The van der Waals surface area contributed by atoms with Crippen LogP contribution in [-0.2, 0) is 24.0 Å². The Morgan fingerprint density at radius 2 is 1.90 bits per heavy atom. The monoisotopic (exact) mass is 843 g/mol. The Balaban J connectivity index is 1.28. The molecule has 0 aromatic carbocycles. The van der Waals surface area contributed by atoms with Crippen molar-refractivity contribution in [3.63, 3.8) is 0 Å². The van der Waals surface area contributed by atoms with Crippen molar-refractivity contribution in [3.8, 4) is 5.75 Å². The van der Waals surface area contributed by atoms with Crippen LogP contribution in [0, 0.1) is 0 Å². The molecule has 0 spiro atoms. The molecule has 1 aromatic rings. The normalized spacial score (nSPS) is 19.4. The second-order valence-corrected chi connectivity index (χ2v) is 15.2. The van der Waals surface area contributed by atoms with Crippen molar-refractivity contribution >= 4 is 64.7 Å². The number of aliphatic carboxylic acids is 2. The van der Waals surface area contributed by atoms with E-state index in [2.05, 4.69) is 31.4 Å². The summed E-state index contributed by atoms with van der Waals surface area (Å²) in [5.74, 6) is -5.14. The molecule has 3 amide bonds. The van der Waals surface area contributed by atoms with E-state index in [1.807, 2.05) is 0 Å². The third-order valence-corrected chi connectivity index (χ3v) is 10.7. The van der Waals surface area contributed by atoms with Crippen LogP contribution in [-0.4, -0.2) is 138 Å². The topological polar surface area (TPSA) is 329 Å². The Bertz CT molecular complexity index is 2160. The van der Waals surface area contributed by atoms with Crippen LogP contribution in [0.1, 0.15) is 24.3 Å². The molecule has 22 nitrogen and oxygen atoms in total. The molecular weight excluding hydrogens is 803 g/mol. The molecule has 5 rings (SSSR count). The Morgan fingerprint density at radius 1 is 1.14 bits per heavy atom. The van der Waals surface area contributed by atoms with Gasteiger partial charge in [-0.05, 0) is 30.9 Å². The molecule has 1 saturated heterocycles. The number of fused-ring (bicyclic) bond motifs is 1. The molecule has 0 aliphatic carbocycles. The highest BCUT2D eigenvalue weighted by Crippen LogP contribution is 2.40. The zero-order valence-corrected chi connectivity index (χ0v) is 32.6. The number of hydrogen-bond acceptors (Lipinski definition) is 18. The van der Waals surface area contributed by atoms with E-state index in [9.17, 15) is 49.3 Å². The number of allylic oxidation sites excluding steroid dienone is 3. The number of pyridine rings is 1. The molecule has 24 heteroatoms. The van der Waals surface area contributed by atoms with Crippen molar-refractivity contribution in [3.05, 3.63) is 85.6 Å². The average Bonchev–Trinajstić information content (AvgIpc) is 3.40. The molecular formula is C34H41N11O11S2. The Morgan fingerprint density at radius 3 is 2.60 bits per heavy atom. The zero-order valence-electron chi connectivity index (χ0n) is 31.0. The molecule has 310 valence electrons. The number of β-lactam (4-membered cyclic amide) rings is 1. The van der Waals surface area contributed by atoms with Crippen LogP contribution < -0.4 is 38.2 Å². The summed E-state index contributed by atoms with van der Waals surface area (Å²) < 4.78 is 0.329. The van der Waals surface area contributed by atoms with Crippen LogP contribution >= 0.6 is 23.5 Å². The molecule has 1 fully saturated rings. The number of oxime groups is 1. The Labute approximate surface area is 338 Å². The maximum absolute atomic E-state index is 13.6. The van der Waals surface area contributed by atoms with Crippen LogP contribution in [0.5, 0.6) is 5.75 Å². The number of nitrogens with one attached hydrogen (secondary N) is 4. The van der Waals surface area contributed by atoms with Crippen LogP contribution in [0.25, 0.3) is 0 Å². The van der Waals surface area contributed by atoms with Gasteiger partial charge in [-0.15, -0.1) is 11.8 Å². The van der Waals surface area contributed by atoms with E-state index in [1.54, 1.807) is 23.3 Å². The second kappa shape index (κ2) is 18.2. The summed E-state index contributed by atoms with van der Waals surface area (Å²) in [6.45, 7) is 3.49. The van der Waals surface area contributed by atoms with E-state index in [0.717, 1.165) is 22.7 Å². The maximum Gasteiger partial charge on any atom is 0.352 e. The van der Waals surface area contributed by atoms with Crippen LogP contribution in [0.4, 0.5) is 0 Å². The van der Waals surface area contributed by atoms with Gasteiger partial charge < -0.3 is 63.0 Å². The fourth-order valence-corrected chi connectivity index (χ4v) is 7.47. The van der Waals surface area contributed by atoms with Gasteiger partial charge in [-0.3, -0.25) is 24.1 Å². The highest BCUT2D eigenvalue weighted by molar-refractivity contribution is 8.05. The smallest absolute Gasteiger partial charge is 0.352 e. The number of nitrogens with two attached hydrogens (primary N) is 2. The van der Waals surface area contributed by atoms with Gasteiger partial charge in [-0.2, -0.15) is 4.73 Å². The second-order valence-electron chi connectivity index (χ2n) is 13.2. The molecule has 1 aromatic heterocycles. The molecule has 12 N–H and O–H groups in total. The quantitative estimate of drug-likeness (QED) is 0.0287. The summed E-state index contributed by atoms with van der Waals surface area (Å²) >= 11 is 2.32. The van der Waals surface area contributed by atoms with Gasteiger partial charge in [0.15, 0.2) is 11.5 Å². The minimum Gasteiger partial charge on any atom is -0.503 e. The number of aromatic nitrogens is 1. The van der Waals surface area contributed by atoms with E-state index >= 15 is 0 Å². The molecule has 58 heavy (non-hydrogen) atoms. The van der Waals surface area contributed by atoms with Gasteiger partial charge in [0.25, 0.3) is 17.7 Å². The first-order chi connectivity index (χ1) is 27.5. The number of aromatic hydroxyl groups is 1. The first kappa shape index (κ1) is 42.7. The Hall–Kier alpha value is -6.40. The highest BCUT2D eigenvalue weighted by atomic mass is 32.2. The summed E-state index contributed by atoms with van der Waals surface area (Å²) in [7, 11) is 0. The molecule has 5 heterocycles. The number of carboxylic acids is 2. The predicted octanol–water partition coefficient (Wildman–Crippen LogP) is -1.87. The molecule has 0 saturated carbocycles. The molecule has 0 bridgehead atoms. The first-order valence-electron chi connectivity index (χ1n) is 17.4. The molecule has 2 atom stereocenters. The average molecular weight is 844 g/mol. The van der Waals surface area contributed by atoms with Gasteiger partial charge in [0.1, 0.15) is 35.3 Å². The number of aliphatic imine (C=N–C) groups is 1. The van der Waals surface area contributed by atoms with Crippen molar-refractivity contribution < 1.29 is 49.3 Å². The number of thioether (sulfide) groups is 2. The van der Waals surface area contributed by atoms with Crippen LogP contribution in [0.3, 0.4) is 0 Å². The lowest BCUT2D eigenvalue weighted by atomic mass is 10.0. The summed E-state index contributed by atoms with van der Waals surface area (Å²) in [5.41, 5.74) is 9.02. The van der Waals surface area contributed by atoms with Gasteiger partial charge in [0, 0.05) is 56.3 Å². The van der Waals surface area contributed by atoms with Crippen LogP contribution in [0.2, 0.25) is 0 Å². The van der Waals surface area contributed by atoms with Crippen LogP contribution in [0.15, 0.2) is 84.6 Å². The standard InChI is InChI=1S/C34H41N11O11S2/c1-34(2,33(53)54)56-42-24(17-4-3-5-23(36)57-14-17)29(49)41-25-30(50)45-26(32(51)52)18(15-58-31(25)45)11-43-12-19(27(40-16-43)38-7-6-35)37-8-9-39-28(48)20-10-21(46)22(47)13-44(20)55/h3-5,10,12-14,25,31,37,47,55H,6-9,11,15-16,35-36H2,1-2H3,(H,38,40)(H,39,48)(H,41,49)(H,51,52)(H,53,54)/b42-24-/t25-,31?/m1/s1. The number of rotatable bonds is 16. The fraction of sp³-hybridized carbons (Fsp3) is 0.353. The van der Waals surface area contributed by atoms with E-state index in [-0.39, 0.29) is 54.7 Å². The summed E-state index contributed by atoms with van der Waals surface area (Å²) in [5, 5.41) is 55.5. The number of carboxylic acid groups (broad SMARTS) is 2. The fourth-order valence-electron chi connectivity index (χ4n) is 5.52. The van der Waals surface area contributed by atoms with E-state index in [0.29, 0.717) is 46.2 Å². The molecule has 4 aliphatic heterocycles. The maximum atomic E-state index is 13.6. The van der Waals surface area contributed by atoms with Crippen molar-refractivity contribution in [2.45, 2.75) is 30.9 Å². The highest BCUT2D eigenvalue weighted by Gasteiger charge is 2.54. The third-order valence-electron chi connectivity index (χ3n) is 8.54. The molecule has 4 aliphatic rings. The molecule has 1 unspecified atom stereocenters. The Kier molecular flexibility index (Phi) is 13.4. The first-order valence-corrected chi connectivity index (χ1v) is 19.3. The number of nitrogens with zero attached hydrogens (tertiary/aromatic N) is 5. The largest absolute Gasteiger partial charge is 0.503 e. The predicted molar refractivity (Wildman–Crippen MR) is 211 cm³/mol. The third kappa shape index (κ3) is 9.75. The lowest BCUT2D eigenvalue weighted by Crippen LogP contribution is -2.71.